The van der Waals surface area contributed by atoms with Crippen LogP contribution in [-0.4, -0.2) is 19.1 Å². The molecule has 166 valence electrons. The van der Waals surface area contributed by atoms with Gasteiger partial charge in [-0.2, -0.15) is 0 Å². The lowest BCUT2D eigenvalue weighted by Gasteiger charge is -2.26. The number of nitrogens with zero attached hydrogens (tertiary/aromatic N) is 2. The van der Waals surface area contributed by atoms with Crippen LogP contribution in [0.25, 0.3) is 22.2 Å². The summed E-state index contributed by atoms with van der Waals surface area (Å²) in [6, 6.07) is 21.9. The first-order valence-electron chi connectivity index (χ1n) is 10.9. The highest BCUT2D eigenvalue weighted by atomic mass is 32.2. The van der Waals surface area contributed by atoms with Crippen LogP contribution in [0.3, 0.4) is 0 Å². The molecule has 0 aliphatic rings. The third kappa shape index (κ3) is 4.81. The van der Waals surface area contributed by atoms with Crippen LogP contribution in [0.2, 0.25) is 0 Å². The van der Waals surface area contributed by atoms with Crippen LogP contribution in [0.5, 0.6) is 0 Å². The number of hydrogen-bond donors (Lipinski definition) is 1. The van der Waals surface area contributed by atoms with E-state index in [2.05, 4.69) is 22.9 Å². The van der Waals surface area contributed by atoms with Crippen molar-refractivity contribution in [1.82, 2.24) is 14.9 Å². The van der Waals surface area contributed by atoms with Crippen molar-refractivity contribution in [3.05, 3.63) is 83.7 Å². The number of nitrogens with one attached hydrogen (secondary N) is 1. The molecule has 4 aromatic rings. The van der Waals surface area contributed by atoms with Crippen molar-refractivity contribution < 1.29 is 8.73 Å². The van der Waals surface area contributed by atoms with E-state index in [0.29, 0.717) is 6.42 Å². The van der Waals surface area contributed by atoms with Gasteiger partial charge in [0.1, 0.15) is 5.69 Å². The van der Waals surface area contributed by atoms with Gasteiger partial charge in [0, 0.05) is 28.8 Å². The van der Waals surface area contributed by atoms with Crippen LogP contribution in [0.15, 0.2) is 71.3 Å². The van der Waals surface area contributed by atoms with Crippen molar-refractivity contribution in [2.24, 2.45) is 0 Å². The van der Waals surface area contributed by atoms with Crippen molar-refractivity contribution in [2.75, 3.05) is 0 Å². The number of rotatable bonds is 7. The number of fused-ring (bicyclic) bond motifs is 1. The molecule has 0 spiro atoms. The number of benzene rings is 2. The minimum absolute atomic E-state index is 0.207. The molecule has 2 atom stereocenters. The minimum Gasteiger partial charge on any atom is -0.356 e. The second-order valence-electron chi connectivity index (χ2n) is 8.84. The fourth-order valence-electron chi connectivity index (χ4n) is 3.67. The van der Waals surface area contributed by atoms with Gasteiger partial charge in [0.25, 0.3) is 0 Å². The average Bonchev–Trinajstić information content (AvgIpc) is 3.22. The monoisotopic (exact) mass is 447 g/mol. The molecule has 0 unspecified atom stereocenters. The molecule has 0 aliphatic carbocycles. The zero-order valence-electron chi connectivity index (χ0n) is 19.0. The summed E-state index contributed by atoms with van der Waals surface area (Å²) >= 11 is 0. The Balaban J connectivity index is 1.80. The third-order valence-corrected chi connectivity index (χ3v) is 7.03. The first-order valence-corrected chi connectivity index (χ1v) is 12.1. The SMILES string of the molecule is CCc1cccc(C[C@H](N[S@@](=O)C(C)(C)C)c2ccccc2-c2noc3ccccc23)n1. The second kappa shape index (κ2) is 9.35. The van der Waals surface area contributed by atoms with E-state index in [1.54, 1.807) is 0 Å². The normalized spacial score (nSPS) is 13.9. The Morgan fingerprint density at radius 1 is 0.969 bits per heavy atom. The summed E-state index contributed by atoms with van der Waals surface area (Å²) in [4.78, 5) is 4.80. The molecule has 6 heteroatoms. The topological polar surface area (TPSA) is 68.0 Å². The molecule has 0 fully saturated rings. The second-order valence-corrected chi connectivity index (χ2v) is 10.8. The summed E-state index contributed by atoms with van der Waals surface area (Å²) in [6.07, 6.45) is 1.49. The molecule has 0 aliphatic heterocycles. The largest absolute Gasteiger partial charge is 0.356 e. The Labute approximate surface area is 191 Å². The van der Waals surface area contributed by atoms with Gasteiger partial charge in [-0.1, -0.05) is 54.5 Å². The number of aromatic nitrogens is 2. The summed E-state index contributed by atoms with van der Waals surface area (Å²) in [5, 5.41) is 5.34. The zero-order valence-corrected chi connectivity index (χ0v) is 19.8. The Hall–Kier alpha value is -2.83. The molecule has 32 heavy (non-hydrogen) atoms. The molecule has 2 aromatic heterocycles. The Morgan fingerprint density at radius 2 is 1.69 bits per heavy atom. The number of aryl methyl sites for hydroxylation is 1. The molecule has 5 nitrogen and oxygen atoms in total. The first-order chi connectivity index (χ1) is 15.4. The van der Waals surface area contributed by atoms with E-state index < -0.39 is 15.7 Å². The molecule has 0 radical (unpaired) electrons. The van der Waals surface area contributed by atoms with E-state index in [1.165, 1.54) is 0 Å². The van der Waals surface area contributed by atoms with Crippen molar-refractivity contribution in [1.29, 1.82) is 0 Å². The van der Waals surface area contributed by atoms with Crippen molar-refractivity contribution in [3.63, 3.8) is 0 Å². The lowest BCUT2D eigenvalue weighted by Crippen LogP contribution is -2.36. The van der Waals surface area contributed by atoms with E-state index in [9.17, 15) is 4.21 Å². The lowest BCUT2D eigenvalue weighted by molar-refractivity contribution is 0.459. The quantitative estimate of drug-likeness (QED) is 0.389. The lowest BCUT2D eigenvalue weighted by atomic mass is 9.94. The molecule has 0 saturated heterocycles. The van der Waals surface area contributed by atoms with Gasteiger partial charge in [0.2, 0.25) is 0 Å². The summed E-state index contributed by atoms with van der Waals surface area (Å²) in [5.74, 6) is 0. The van der Waals surface area contributed by atoms with E-state index in [0.717, 1.165) is 45.6 Å². The third-order valence-electron chi connectivity index (χ3n) is 5.41. The van der Waals surface area contributed by atoms with Gasteiger partial charge in [0.15, 0.2) is 5.58 Å². The Bertz CT molecular complexity index is 1240. The Kier molecular flexibility index (Phi) is 6.53. The van der Waals surface area contributed by atoms with Gasteiger partial charge >= 0.3 is 0 Å². The summed E-state index contributed by atoms with van der Waals surface area (Å²) in [7, 11) is -1.25. The van der Waals surface area contributed by atoms with Gasteiger partial charge in [0.05, 0.1) is 21.8 Å². The number of hydrogen-bond acceptors (Lipinski definition) is 4. The van der Waals surface area contributed by atoms with Crippen molar-refractivity contribution in [2.45, 2.75) is 51.3 Å². The van der Waals surface area contributed by atoms with Gasteiger partial charge in [-0.25, -0.2) is 8.93 Å². The van der Waals surface area contributed by atoms with Crippen LogP contribution in [0.4, 0.5) is 0 Å². The zero-order chi connectivity index (χ0) is 22.7. The molecular weight excluding hydrogens is 418 g/mol. The van der Waals surface area contributed by atoms with Crippen LogP contribution in [0.1, 0.15) is 50.7 Å². The van der Waals surface area contributed by atoms with Crippen molar-refractivity contribution >= 4 is 22.0 Å². The highest BCUT2D eigenvalue weighted by Gasteiger charge is 2.26. The predicted molar refractivity (Wildman–Crippen MR) is 131 cm³/mol. The predicted octanol–water partition coefficient (Wildman–Crippen LogP) is 5.79. The van der Waals surface area contributed by atoms with E-state index in [1.807, 2.05) is 81.4 Å². The smallest absolute Gasteiger partial charge is 0.167 e. The van der Waals surface area contributed by atoms with Gasteiger partial charge < -0.3 is 4.52 Å². The van der Waals surface area contributed by atoms with Crippen molar-refractivity contribution in [3.8, 4) is 11.3 Å². The van der Waals surface area contributed by atoms with Crippen LogP contribution >= 0.6 is 0 Å². The molecule has 2 heterocycles. The van der Waals surface area contributed by atoms with Gasteiger partial charge in [-0.15, -0.1) is 0 Å². The van der Waals surface area contributed by atoms with Crippen LogP contribution in [-0.2, 0) is 23.8 Å². The van der Waals surface area contributed by atoms with Gasteiger partial charge in [-0.3, -0.25) is 4.98 Å². The maximum Gasteiger partial charge on any atom is 0.167 e. The molecule has 4 rings (SSSR count). The maximum absolute atomic E-state index is 13.1. The fraction of sp³-hybridized carbons (Fsp3) is 0.308. The fourth-order valence-corrected chi connectivity index (χ4v) is 4.49. The Morgan fingerprint density at radius 3 is 2.47 bits per heavy atom. The molecule has 1 N–H and O–H groups in total. The van der Waals surface area contributed by atoms with Crippen LogP contribution < -0.4 is 4.72 Å². The van der Waals surface area contributed by atoms with E-state index >= 15 is 0 Å². The number of para-hydroxylation sites is 1. The summed E-state index contributed by atoms with van der Waals surface area (Å²) in [6.45, 7) is 8.02. The average molecular weight is 448 g/mol. The van der Waals surface area contributed by atoms with Crippen LogP contribution in [0, 0.1) is 0 Å². The standard InChI is InChI=1S/C26H29N3O2S/c1-5-18-11-10-12-19(27-18)17-23(29-32(30)26(2,3)4)20-13-6-7-14-21(20)25-22-15-8-9-16-24(22)31-28-25/h6-16,23,29H,5,17H2,1-4H3/t23-,32-/m0/s1. The van der Waals surface area contributed by atoms with E-state index in [-0.39, 0.29) is 6.04 Å². The van der Waals surface area contributed by atoms with E-state index in [4.69, 9.17) is 9.51 Å². The molecule has 0 saturated carbocycles. The molecular formula is C26H29N3O2S. The number of pyridine rings is 1. The maximum atomic E-state index is 13.1. The molecule has 0 bridgehead atoms. The summed E-state index contributed by atoms with van der Waals surface area (Å²) < 4.78 is 21.7. The van der Waals surface area contributed by atoms with Gasteiger partial charge in [-0.05, 0) is 57.0 Å². The summed E-state index contributed by atoms with van der Waals surface area (Å²) in [5.41, 5.74) is 5.54. The minimum atomic E-state index is -1.25. The highest BCUT2D eigenvalue weighted by molar-refractivity contribution is 7.84. The first kappa shape index (κ1) is 22.4. The molecule has 0 amide bonds. The highest BCUT2D eigenvalue weighted by Crippen LogP contribution is 2.34. The molecule has 2 aromatic carbocycles.